The standard InChI is InChI=1S/C12H22N2/c1-9(10-3-4-10)14-7-11-5-13(2)6-12(11)8-14/h9-12H,3-8H2,1-2H3/t9?,11-,12+. The molecule has 0 aromatic carbocycles. The summed E-state index contributed by atoms with van der Waals surface area (Å²) < 4.78 is 0. The zero-order valence-electron chi connectivity index (χ0n) is 9.45. The molecule has 3 atom stereocenters. The van der Waals surface area contributed by atoms with Gasteiger partial charge in [0.2, 0.25) is 0 Å². The second-order valence-corrected chi connectivity index (χ2v) is 5.77. The van der Waals surface area contributed by atoms with Crippen LogP contribution in [0, 0.1) is 17.8 Å². The first kappa shape index (κ1) is 9.17. The molecule has 0 bridgehead atoms. The van der Waals surface area contributed by atoms with Gasteiger partial charge >= 0.3 is 0 Å². The van der Waals surface area contributed by atoms with Crippen LogP contribution in [0.3, 0.4) is 0 Å². The second kappa shape index (κ2) is 3.21. The van der Waals surface area contributed by atoms with Gasteiger partial charge in [-0.2, -0.15) is 0 Å². The van der Waals surface area contributed by atoms with Crippen LogP contribution >= 0.6 is 0 Å². The number of likely N-dealkylation sites (tertiary alicyclic amines) is 2. The maximum Gasteiger partial charge on any atom is 0.00954 e. The molecule has 2 nitrogen and oxygen atoms in total. The minimum Gasteiger partial charge on any atom is -0.306 e. The van der Waals surface area contributed by atoms with Gasteiger partial charge in [0.1, 0.15) is 0 Å². The molecule has 0 radical (unpaired) electrons. The number of hydrogen-bond acceptors (Lipinski definition) is 2. The normalized spacial score (nSPS) is 41.6. The van der Waals surface area contributed by atoms with Gasteiger partial charge in [0, 0.05) is 32.2 Å². The number of hydrogen-bond donors (Lipinski definition) is 0. The first-order valence-corrected chi connectivity index (χ1v) is 6.16. The highest BCUT2D eigenvalue weighted by Crippen LogP contribution is 2.39. The lowest BCUT2D eigenvalue weighted by Crippen LogP contribution is -2.35. The Kier molecular flexibility index (Phi) is 2.10. The summed E-state index contributed by atoms with van der Waals surface area (Å²) in [5.41, 5.74) is 0. The van der Waals surface area contributed by atoms with Crippen molar-refractivity contribution in [1.82, 2.24) is 9.80 Å². The fourth-order valence-corrected chi connectivity index (χ4v) is 3.47. The predicted octanol–water partition coefficient (Wildman–Crippen LogP) is 1.28. The average Bonchev–Trinajstić information content (AvgIpc) is 2.82. The Hall–Kier alpha value is -0.0800. The molecule has 2 heterocycles. The van der Waals surface area contributed by atoms with E-state index in [1.54, 1.807) is 0 Å². The highest BCUT2D eigenvalue weighted by molar-refractivity contribution is 4.96. The van der Waals surface area contributed by atoms with Crippen LogP contribution < -0.4 is 0 Å². The molecule has 0 aromatic rings. The highest BCUT2D eigenvalue weighted by atomic mass is 15.2. The molecule has 14 heavy (non-hydrogen) atoms. The van der Waals surface area contributed by atoms with Crippen LogP contribution in [-0.2, 0) is 0 Å². The van der Waals surface area contributed by atoms with Gasteiger partial charge in [0.25, 0.3) is 0 Å². The third-order valence-electron chi connectivity index (χ3n) is 4.58. The first-order valence-electron chi connectivity index (χ1n) is 6.16. The number of rotatable bonds is 2. The third-order valence-corrected chi connectivity index (χ3v) is 4.58. The van der Waals surface area contributed by atoms with Crippen molar-refractivity contribution < 1.29 is 0 Å². The van der Waals surface area contributed by atoms with Crippen LogP contribution in [0.25, 0.3) is 0 Å². The zero-order valence-corrected chi connectivity index (χ0v) is 9.45. The lowest BCUT2D eigenvalue weighted by atomic mass is 10.0. The lowest BCUT2D eigenvalue weighted by molar-refractivity contribution is 0.205. The van der Waals surface area contributed by atoms with Crippen molar-refractivity contribution in [2.24, 2.45) is 17.8 Å². The van der Waals surface area contributed by atoms with Crippen molar-refractivity contribution in [1.29, 1.82) is 0 Å². The molecule has 1 unspecified atom stereocenters. The second-order valence-electron chi connectivity index (χ2n) is 5.77. The van der Waals surface area contributed by atoms with Crippen molar-refractivity contribution >= 4 is 0 Å². The molecular formula is C12H22N2. The van der Waals surface area contributed by atoms with Gasteiger partial charge in [-0.25, -0.2) is 0 Å². The Morgan fingerprint density at radius 1 is 1.00 bits per heavy atom. The molecule has 2 aliphatic heterocycles. The van der Waals surface area contributed by atoms with Crippen molar-refractivity contribution in [3.05, 3.63) is 0 Å². The molecule has 0 spiro atoms. The van der Waals surface area contributed by atoms with E-state index in [0.717, 1.165) is 23.8 Å². The van der Waals surface area contributed by atoms with Crippen LogP contribution in [0.4, 0.5) is 0 Å². The van der Waals surface area contributed by atoms with E-state index in [1.165, 1.54) is 39.0 Å². The average molecular weight is 194 g/mol. The van der Waals surface area contributed by atoms with Crippen molar-refractivity contribution in [2.45, 2.75) is 25.8 Å². The van der Waals surface area contributed by atoms with Crippen molar-refractivity contribution in [2.75, 3.05) is 33.2 Å². The quantitative estimate of drug-likeness (QED) is 0.653. The van der Waals surface area contributed by atoms with Crippen LogP contribution in [-0.4, -0.2) is 49.1 Å². The van der Waals surface area contributed by atoms with E-state index >= 15 is 0 Å². The summed E-state index contributed by atoms with van der Waals surface area (Å²) >= 11 is 0. The van der Waals surface area contributed by atoms with Gasteiger partial charge in [0.15, 0.2) is 0 Å². The molecule has 3 rings (SSSR count). The van der Waals surface area contributed by atoms with Gasteiger partial charge in [-0.05, 0) is 44.6 Å². The Morgan fingerprint density at radius 2 is 1.57 bits per heavy atom. The third kappa shape index (κ3) is 1.49. The Balaban J connectivity index is 1.60. The summed E-state index contributed by atoms with van der Waals surface area (Å²) in [7, 11) is 2.27. The maximum absolute atomic E-state index is 2.76. The summed E-state index contributed by atoms with van der Waals surface area (Å²) in [5.74, 6) is 3.02. The molecule has 1 aliphatic carbocycles. The zero-order chi connectivity index (χ0) is 9.71. The molecule has 2 saturated heterocycles. The van der Waals surface area contributed by atoms with E-state index in [0.29, 0.717) is 0 Å². The number of nitrogens with zero attached hydrogens (tertiary/aromatic N) is 2. The molecule has 0 N–H and O–H groups in total. The molecule has 2 heteroatoms. The molecular weight excluding hydrogens is 172 g/mol. The largest absolute Gasteiger partial charge is 0.306 e. The van der Waals surface area contributed by atoms with Gasteiger partial charge in [-0.3, -0.25) is 4.90 Å². The van der Waals surface area contributed by atoms with E-state index in [9.17, 15) is 0 Å². The van der Waals surface area contributed by atoms with Crippen LogP contribution in [0.2, 0.25) is 0 Å². The summed E-state index contributed by atoms with van der Waals surface area (Å²) in [5, 5.41) is 0. The smallest absolute Gasteiger partial charge is 0.00954 e. The van der Waals surface area contributed by atoms with E-state index in [2.05, 4.69) is 23.8 Å². The molecule has 1 saturated carbocycles. The minimum atomic E-state index is 0.880. The molecule has 80 valence electrons. The predicted molar refractivity (Wildman–Crippen MR) is 58.2 cm³/mol. The SMILES string of the molecule is CC(C1CC1)N1C[C@H]2CN(C)C[C@H]2C1. The Bertz CT molecular complexity index is 210. The Labute approximate surface area is 87.3 Å². The minimum absolute atomic E-state index is 0.880. The monoisotopic (exact) mass is 194 g/mol. The van der Waals surface area contributed by atoms with Crippen molar-refractivity contribution in [3.63, 3.8) is 0 Å². The van der Waals surface area contributed by atoms with Crippen LogP contribution in [0.15, 0.2) is 0 Å². The van der Waals surface area contributed by atoms with Crippen LogP contribution in [0.1, 0.15) is 19.8 Å². The van der Waals surface area contributed by atoms with Gasteiger partial charge < -0.3 is 4.90 Å². The van der Waals surface area contributed by atoms with E-state index in [1.807, 2.05) is 0 Å². The molecule has 0 aromatic heterocycles. The van der Waals surface area contributed by atoms with Crippen molar-refractivity contribution in [3.8, 4) is 0 Å². The summed E-state index contributed by atoms with van der Waals surface area (Å²) in [6, 6.07) is 0.880. The van der Waals surface area contributed by atoms with E-state index in [4.69, 9.17) is 0 Å². The van der Waals surface area contributed by atoms with Gasteiger partial charge in [0.05, 0.1) is 0 Å². The fraction of sp³-hybridized carbons (Fsp3) is 1.00. The highest BCUT2D eigenvalue weighted by Gasteiger charge is 2.42. The van der Waals surface area contributed by atoms with Gasteiger partial charge in [-0.15, -0.1) is 0 Å². The lowest BCUT2D eigenvalue weighted by Gasteiger charge is -2.25. The summed E-state index contributed by atoms with van der Waals surface area (Å²) in [4.78, 5) is 5.27. The topological polar surface area (TPSA) is 6.48 Å². The van der Waals surface area contributed by atoms with E-state index in [-0.39, 0.29) is 0 Å². The Morgan fingerprint density at radius 3 is 2.07 bits per heavy atom. The molecule has 3 fully saturated rings. The first-order chi connectivity index (χ1) is 6.74. The maximum atomic E-state index is 2.76. The van der Waals surface area contributed by atoms with Crippen LogP contribution in [0.5, 0.6) is 0 Å². The van der Waals surface area contributed by atoms with E-state index < -0.39 is 0 Å². The molecule has 0 amide bonds. The summed E-state index contributed by atoms with van der Waals surface area (Å²) in [6.45, 7) is 7.90. The summed E-state index contributed by atoms with van der Waals surface area (Å²) in [6.07, 6.45) is 2.99. The number of fused-ring (bicyclic) bond motifs is 1. The molecule has 3 aliphatic rings. The van der Waals surface area contributed by atoms with Gasteiger partial charge in [-0.1, -0.05) is 0 Å². The fourth-order valence-electron chi connectivity index (χ4n) is 3.47.